The topological polar surface area (TPSA) is 152 Å². The van der Waals surface area contributed by atoms with Crippen molar-refractivity contribution >= 4 is 69.6 Å². The Morgan fingerprint density at radius 3 is 2.25 bits per heavy atom. The Hall–Kier alpha value is -6.38. The lowest BCUT2D eigenvalue weighted by molar-refractivity contribution is -0.116. The van der Waals surface area contributed by atoms with Crippen molar-refractivity contribution in [3.63, 3.8) is 0 Å². The Kier molecular flexibility index (Phi) is 14.1. The molecule has 12 nitrogen and oxygen atoms in total. The highest BCUT2D eigenvalue weighted by Crippen LogP contribution is 2.41. The van der Waals surface area contributed by atoms with Crippen LogP contribution in [0.25, 0.3) is 6.08 Å². The van der Waals surface area contributed by atoms with E-state index in [1.807, 2.05) is 43.3 Å². The number of carbonyl (C=O) groups excluding carboxylic acids is 5. The molecule has 4 aromatic carbocycles. The Labute approximate surface area is 357 Å². The van der Waals surface area contributed by atoms with Crippen molar-refractivity contribution in [3.05, 3.63) is 148 Å². The molecule has 1 atom stereocenters. The lowest BCUT2D eigenvalue weighted by Crippen LogP contribution is -2.39. The molecule has 1 aliphatic heterocycles. The molecule has 0 saturated carbocycles. The van der Waals surface area contributed by atoms with Crippen LogP contribution in [0.5, 0.6) is 5.75 Å². The van der Waals surface area contributed by atoms with Crippen molar-refractivity contribution in [2.24, 2.45) is 0 Å². The van der Waals surface area contributed by atoms with Crippen LogP contribution in [0, 0.1) is 0 Å². The van der Waals surface area contributed by atoms with Gasteiger partial charge >= 0.3 is 12.1 Å². The van der Waals surface area contributed by atoms with Crippen LogP contribution in [0.15, 0.2) is 120 Å². The number of fused-ring (bicyclic) bond motifs is 1. The number of esters is 1. The van der Waals surface area contributed by atoms with E-state index in [-0.39, 0.29) is 17.8 Å². The second-order valence-corrected chi connectivity index (χ2v) is 16.9. The fourth-order valence-electron chi connectivity index (χ4n) is 6.29. The van der Waals surface area contributed by atoms with Gasteiger partial charge < -0.3 is 35.1 Å². The molecule has 0 radical (unpaired) electrons. The minimum atomic E-state index is -0.791. The number of amides is 4. The van der Waals surface area contributed by atoms with Crippen LogP contribution in [-0.2, 0) is 32.0 Å². The Balaban J connectivity index is 1.24. The third-order valence-electron chi connectivity index (χ3n) is 9.05. The Morgan fingerprint density at radius 2 is 1.58 bits per heavy atom. The van der Waals surface area contributed by atoms with Gasteiger partial charge in [0.2, 0.25) is 5.91 Å². The molecule has 1 aliphatic rings. The molecule has 6 rings (SSSR count). The first kappa shape index (κ1) is 43.2. The van der Waals surface area contributed by atoms with Crippen LogP contribution >= 0.6 is 23.1 Å². The van der Waals surface area contributed by atoms with Crippen LogP contribution in [0.2, 0.25) is 0 Å². The molecular weight excluding hydrogens is 801 g/mol. The van der Waals surface area contributed by atoms with Gasteiger partial charge in [-0.1, -0.05) is 66.7 Å². The summed E-state index contributed by atoms with van der Waals surface area (Å²) in [6.07, 6.45) is 1.51. The average Bonchev–Trinajstić information content (AvgIpc) is 3.60. The molecule has 0 spiro atoms. The smallest absolute Gasteiger partial charge is 0.410 e. The highest BCUT2D eigenvalue weighted by molar-refractivity contribution is 8.00. The van der Waals surface area contributed by atoms with Gasteiger partial charge in [0.05, 0.1) is 25.8 Å². The van der Waals surface area contributed by atoms with Gasteiger partial charge in [0.25, 0.3) is 11.8 Å². The number of ether oxygens (including phenoxy) is 3. The van der Waals surface area contributed by atoms with Crippen molar-refractivity contribution in [1.82, 2.24) is 10.2 Å². The van der Waals surface area contributed by atoms with E-state index >= 15 is 0 Å². The summed E-state index contributed by atoms with van der Waals surface area (Å²) < 4.78 is 16.3. The molecule has 0 fully saturated rings. The monoisotopic (exact) mass is 846 g/mol. The highest BCUT2D eigenvalue weighted by atomic mass is 32.2. The van der Waals surface area contributed by atoms with Crippen molar-refractivity contribution in [1.29, 1.82) is 0 Å². The number of thioether (sulfide) groups is 1. The predicted octanol–water partition coefficient (Wildman–Crippen LogP) is 9.11. The maximum Gasteiger partial charge on any atom is 0.410 e. The third-order valence-corrected chi connectivity index (χ3v) is 11.4. The van der Waals surface area contributed by atoms with Crippen LogP contribution in [0.1, 0.15) is 75.2 Å². The fourth-order valence-corrected chi connectivity index (χ4v) is 8.63. The van der Waals surface area contributed by atoms with E-state index in [9.17, 15) is 24.0 Å². The molecule has 60 heavy (non-hydrogen) atoms. The molecule has 0 saturated heterocycles. The molecular formula is C46H46N4O8S2. The minimum absolute atomic E-state index is 0.0156. The molecule has 1 aromatic heterocycles. The molecule has 0 bridgehead atoms. The summed E-state index contributed by atoms with van der Waals surface area (Å²) in [4.78, 5) is 70.5. The van der Waals surface area contributed by atoms with Crippen LogP contribution in [-0.4, -0.2) is 60.5 Å². The van der Waals surface area contributed by atoms with Gasteiger partial charge in [0, 0.05) is 27.6 Å². The molecule has 5 aromatic rings. The zero-order valence-corrected chi connectivity index (χ0v) is 35.5. The summed E-state index contributed by atoms with van der Waals surface area (Å²) in [6.45, 7) is 8.36. The summed E-state index contributed by atoms with van der Waals surface area (Å²) in [5.41, 5.74) is 2.52. The normalized spacial score (nSPS) is 13.0. The quantitative estimate of drug-likeness (QED) is 0.0599. The third kappa shape index (κ3) is 11.2. The summed E-state index contributed by atoms with van der Waals surface area (Å²) in [6, 6.07) is 32.0. The summed E-state index contributed by atoms with van der Waals surface area (Å²) in [7, 11) is 1.29. The van der Waals surface area contributed by atoms with Gasteiger partial charge in [0.1, 0.15) is 27.3 Å². The molecule has 3 N–H and O–H groups in total. The van der Waals surface area contributed by atoms with Crippen LogP contribution < -0.4 is 20.7 Å². The Morgan fingerprint density at radius 1 is 0.883 bits per heavy atom. The number of thiophene rings is 1. The zero-order chi connectivity index (χ0) is 42.8. The number of hydrogen-bond donors (Lipinski definition) is 3. The minimum Gasteiger partial charge on any atom is -0.494 e. The van der Waals surface area contributed by atoms with E-state index in [1.165, 1.54) is 30.2 Å². The number of hydrogen-bond acceptors (Lipinski definition) is 10. The number of anilines is 2. The average molecular weight is 847 g/mol. The zero-order valence-electron chi connectivity index (χ0n) is 33.9. The van der Waals surface area contributed by atoms with Crippen LogP contribution in [0.3, 0.4) is 0 Å². The number of benzene rings is 4. The van der Waals surface area contributed by atoms with E-state index < -0.39 is 40.6 Å². The van der Waals surface area contributed by atoms with Gasteiger partial charge in [-0.15, -0.1) is 23.1 Å². The largest absolute Gasteiger partial charge is 0.494 e. The van der Waals surface area contributed by atoms with E-state index in [0.717, 1.165) is 10.4 Å². The SMILES string of the molecule is CCOc1ccc(/C=C(/NC(=O)c2ccccc2)C(=O)Nc2cccc(SC(C(=O)Nc3sc4c(c3C(=O)OC)CCN(C(=O)OC(C)(C)C)C4)c3ccccc3)c2)cc1. The second kappa shape index (κ2) is 19.6. The second-order valence-electron chi connectivity index (χ2n) is 14.6. The number of nitrogens with one attached hydrogen (secondary N) is 3. The summed E-state index contributed by atoms with van der Waals surface area (Å²) in [5.74, 6) is -1.31. The lowest BCUT2D eigenvalue weighted by atomic mass is 10.0. The van der Waals surface area contributed by atoms with Gasteiger partial charge in [-0.2, -0.15) is 0 Å². The first-order chi connectivity index (χ1) is 28.8. The van der Waals surface area contributed by atoms with E-state index in [0.29, 0.717) is 57.6 Å². The standard InChI is InChI=1S/C46H46N4O8S2/c1-6-57-33-22-20-29(21-23-33)26-36(48-40(51)31-16-11-8-12-17-31)41(52)47-32-18-13-19-34(27-32)59-39(30-14-9-7-10-15-30)42(53)49-43-38(44(54)56-5)35-24-25-50(28-37(35)60-43)45(55)58-46(2,3)4/h7-23,26-27,39H,6,24-25,28H2,1-5H3,(H,47,52)(H,48,51)(H,49,53)/b36-26+. The van der Waals surface area contributed by atoms with Gasteiger partial charge in [-0.3, -0.25) is 14.4 Å². The van der Waals surface area contributed by atoms with E-state index in [1.54, 1.807) is 105 Å². The molecule has 310 valence electrons. The molecule has 0 aliphatic carbocycles. The van der Waals surface area contributed by atoms with Gasteiger partial charge in [-0.25, -0.2) is 9.59 Å². The summed E-state index contributed by atoms with van der Waals surface area (Å²) >= 11 is 2.49. The first-order valence-corrected chi connectivity index (χ1v) is 21.0. The lowest BCUT2D eigenvalue weighted by Gasteiger charge is -2.30. The van der Waals surface area contributed by atoms with Crippen molar-refractivity contribution in [2.45, 2.75) is 56.4 Å². The highest BCUT2D eigenvalue weighted by Gasteiger charge is 2.34. The summed E-state index contributed by atoms with van der Waals surface area (Å²) in [5, 5.41) is 8.21. The predicted molar refractivity (Wildman–Crippen MR) is 234 cm³/mol. The Bertz CT molecular complexity index is 2370. The first-order valence-electron chi connectivity index (χ1n) is 19.3. The molecule has 1 unspecified atom stereocenters. The van der Waals surface area contributed by atoms with E-state index in [4.69, 9.17) is 14.2 Å². The van der Waals surface area contributed by atoms with Crippen molar-refractivity contribution in [2.75, 3.05) is 30.9 Å². The molecule has 2 heterocycles. The van der Waals surface area contributed by atoms with Crippen LogP contribution in [0.4, 0.5) is 15.5 Å². The van der Waals surface area contributed by atoms with E-state index in [2.05, 4.69) is 16.0 Å². The number of rotatable bonds is 13. The van der Waals surface area contributed by atoms with Crippen molar-refractivity contribution in [3.8, 4) is 5.75 Å². The number of nitrogens with zero attached hydrogens (tertiary/aromatic N) is 1. The molecule has 4 amide bonds. The number of methoxy groups -OCH3 is 1. The molecule has 14 heteroatoms. The van der Waals surface area contributed by atoms with Gasteiger partial charge in [-0.05, 0) is 99.3 Å². The fraction of sp³-hybridized carbons (Fsp3) is 0.239. The number of carbonyl (C=O) groups is 5. The maximum atomic E-state index is 14.3. The van der Waals surface area contributed by atoms with Gasteiger partial charge in [0.15, 0.2) is 0 Å². The maximum absolute atomic E-state index is 14.3. The van der Waals surface area contributed by atoms with Crippen molar-refractivity contribution < 1.29 is 38.2 Å².